The third kappa shape index (κ3) is 2.88. The number of nitrogens with zero attached hydrogens (tertiary/aromatic N) is 2. The van der Waals surface area contributed by atoms with Crippen molar-refractivity contribution in [3.63, 3.8) is 0 Å². The summed E-state index contributed by atoms with van der Waals surface area (Å²) in [4.78, 5) is 7.44. The van der Waals surface area contributed by atoms with Gasteiger partial charge in [-0.3, -0.25) is 9.97 Å². The van der Waals surface area contributed by atoms with Crippen LogP contribution in [0.15, 0.2) is 73.3 Å². The van der Waals surface area contributed by atoms with Crippen LogP contribution in [-0.2, 0) is 12.8 Å². The number of hydrogen-bond acceptors (Lipinski definition) is 2. The van der Waals surface area contributed by atoms with Gasteiger partial charge in [0.05, 0.1) is 0 Å². The van der Waals surface area contributed by atoms with Gasteiger partial charge < -0.3 is 0 Å². The van der Waals surface area contributed by atoms with Crippen LogP contribution in [0.1, 0.15) is 24.0 Å². The molecule has 0 aliphatic heterocycles. The Balaban J connectivity index is 0.000000207. The summed E-state index contributed by atoms with van der Waals surface area (Å²) < 4.78 is 0. The number of aryl methyl sites for hydroxylation is 2. The zero-order valence-electron chi connectivity index (χ0n) is 13.7. The van der Waals surface area contributed by atoms with E-state index in [4.69, 9.17) is 0 Å². The van der Waals surface area contributed by atoms with Crippen molar-refractivity contribution in [1.82, 2.24) is 9.97 Å². The minimum absolute atomic E-state index is 1.25. The molecule has 4 aromatic rings. The van der Waals surface area contributed by atoms with Crippen LogP contribution in [0, 0.1) is 0 Å². The Morgan fingerprint density at radius 2 is 1.29 bits per heavy atom. The van der Waals surface area contributed by atoms with Gasteiger partial charge in [-0.1, -0.05) is 48.5 Å². The monoisotopic (exact) mass is 312 g/mol. The molecule has 0 saturated carbocycles. The largest absolute Gasteiger partial charge is 0.262 e. The molecule has 0 bridgehead atoms. The smallest absolute Gasteiger partial charge is 0.0451 e. The maximum absolute atomic E-state index is 3.72. The van der Waals surface area contributed by atoms with E-state index < -0.39 is 0 Å². The van der Waals surface area contributed by atoms with Crippen LogP contribution >= 0.6 is 0 Å². The predicted molar refractivity (Wildman–Crippen MR) is 100 cm³/mol. The highest BCUT2D eigenvalue weighted by molar-refractivity contribution is 6.08. The highest BCUT2D eigenvalue weighted by Gasteiger charge is 2.13. The van der Waals surface area contributed by atoms with Crippen molar-refractivity contribution in [2.75, 3.05) is 0 Å². The van der Waals surface area contributed by atoms with Crippen molar-refractivity contribution in [3.8, 4) is 0 Å². The molecule has 0 spiro atoms. The molecular weight excluding hydrogens is 292 g/mol. The van der Waals surface area contributed by atoms with Crippen molar-refractivity contribution in [2.24, 2.45) is 0 Å². The Morgan fingerprint density at radius 1 is 0.583 bits per heavy atom. The Kier molecular flexibility index (Phi) is 4.20. The zero-order chi connectivity index (χ0) is 16.2. The Morgan fingerprint density at radius 3 is 2.08 bits per heavy atom. The minimum atomic E-state index is 1.25. The second kappa shape index (κ2) is 6.79. The van der Waals surface area contributed by atoms with Gasteiger partial charge in [0, 0.05) is 24.8 Å². The lowest BCUT2D eigenvalue weighted by Gasteiger charge is -2.18. The summed E-state index contributed by atoms with van der Waals surface area (Å²) in [7, 11) is 0. The molecule has 118 valence electrons. The summed E-state index contributed by atoms with van der Waals surface area (Å²) in [6.07, 6.45) is 11.8. The lowest BCUT2D eigenvalue weighted by molar-refractivity contribution is 0.690. The van der Waals surface area contributed by atoms with Gasteiger partial charge in [-0.25, -0.2) is 0 Å². The van der Waals surface area contributed by atoms with Gasteiger partial charge in [-0.2, -0.15) is 0 Å². The van der Waals surface area contributed by atoms with E-state index in [1.54, 1.807) is 35.9 Å². The molecule has 2 nitrogen and oxygen atoms in total. The van der Waals surface area contributed by atoms with E-state index in [0.717, 1.165) is 0 Å². The average Bonchev–Trinajstić information content (AvgIpc) is 2.69. The van der Waals surface area contributed by atoms with Gasteiger partial charge in [0.15, 0.2) is 0 Å². The summed E-state index contributed by atoms with van der Waals surface area (Å²) in [6.45, 7) is 0. The van der Waals surface area contributed by atoms with E-state index in [-0.39, 0.29) is 0 Å². The van der Waals surface area contributed by atoms with Crippen LogP contribution in [0.5, 0.6) is 0 Å². The molecular formula is C22H20N2. The van der Waals surface area contributed by atoms with E-state index >= 15 is 0 Å². The molecule has 0 fully saturated rings. The molecule has 5 rings (SSSR count). The first-order valence-corrected chi connectivity index (χ1v) is 8.56. The van der Waals surface area contributed by atoms with Gasteiger partial charge in [0.2, 0.25) is 0 Å². The second-order valence-electron chi connectivity index (χ2n) is 6.19. The lowest BCUT2D eigenvalue weighted by atomic mass is 9.86. The molecule has 0 radical (unpaired) electrons. The van der Waals surface area contributed by atoms with E-state index in [1.807, 2.05) is 0 Å². The van der Waals surface area contributed by atoms with Crippen molar-refractivity contribution in [1.29, 1.82) is 0 Å². The molecule has 0 N–H and O–H groups in total. The van der Waals surface area contributed by atoms with Crippen LogP contribution in [0.3, 0.4) is 0 Å². The molecule has 24 heavy (non-hydrogen) atoms. The summed E-state index contributed by atoms with van der Waals surface area (Å²) in [5.74, 6) is 0. The van der Waals surface area contributed by atoms with Crippen LogP contribution < -0.4 is 0 Å². The zero-order valence-corrected chi connectivity index (χ0v) is 13.7. The highest BCUT2D eigenvalue weighted by Crippen LogP contribution is 2.33. The Bertz CT molecular complexity index is 935. The molecule has 1 aromatic heterocycles. The average molecular weight is 312 g/mol. The molecule has 1 aliphatic carbocycles. The molecule has 1 aliphatic rings. The van der Waals surface area contributed by atoms with Crippen molar-refractivity contribution < 1.29 is 0 Å². The molecule has 0 unspecified atom stereocenters. The number of fused-ring (bicyclic) bond motifs is 5. The van der Waals surface area contributed by atoms with E-state index in [9.17, 15) is 0 Å². The van der Waals surface area contributed by atoms with E-state index in [1.165, 1.54) is 47.2 Å². The fraction of sp³-hybridized carbons (Fsp3) is 0.182. The normalized spacial score (nSPS) is 13.2. The summed E-state index contributed by atoms with van der Waals surface area (Å²) in [5, 5.41) is 5.64. The Labute approximate surface area is 142 Å². The van der Waals surface area contributed by atoms with E-state index in [0.29, 0.717) is 0 Å². The standard InChI is InChI=1S/C18H16.C4H4N2/c1-3-7-15-13(5-1)9-11-18-16-8-4-2-6-14(16)10-12-17(15)18;1-2-6-4-3-5-1/h1,3,5,7,9-12H,2,4,6,8H2;1-4H. The molecule has 0 saturated heterocycles. The quantitative estimate of drug-likeness (QED) is 0.409. The summed E-state index contributed by atoms with van der Waals surface area (Å²) >= 11 is 0. The van der Waals surface area contributed by atoms with Crippen LogP contribution in [0.25, 0.3) is 21.5 Å². The molecule has 1 heterocycles. The highest BCUT2D eigenvalue weighted by atomic mass is 14.7. The van der Waals surface area contributed by atoms with Crippen LogP contribution in [-0.4, -0.2) is 9.97 Å². The maximum atomic E-state index is 3.72. The molecule has 0 atom stereocenters. The van der Waals surface area contributed by atoms with Gasteiger partial charge in [-0.05, 0) is 58.4 Å². The predicted octanol–water partition coefficient (Wildman–Crippen LogP) is 5.35. The molecule has 2 heteroatoms. The van der Waals surface area contributed by atoms with Crippen LogP contribution in [0.2, 0.25) is 0 Å². The van der Waals surface area contributed by atoms with E-state index in [2.05, 4.69) is 58.5 Å². The van der Waals surface area contributed by atoms with Gasteiger partial charge in [0.1, 0.15) is 0 Å². The van der Waals surface area contributed by atoms with Gasteiger partial charge in [0.25, 0.3) is 0 Å². The van der Waals surface area contributed by atoms with Gasteiger partial charge >= 0.3 is 0 Å². The number of aromatic nitrogens is 2. The minimum Gasteiger partial charge on any atom is -0.262 e. The third-order valence-electron chi connectivity index (χ3n) is 4.74. The second-order valence-corrected chi connectivity index (χ2v) is 6.19. The molecule has 0 amide bonds. The van der Waals surface area contributed by atoms with Crippen molar-refractivity contribution in [3.05, 3.63) is 84.4 Å². The molecule has 3 aromatic carbocycles. The third-order valence-corrected chi connectivity index (χ3v) is 4.74. The first-order valence-electron chi connectivity index (χ1n) is 8.56. The van der Waals surface area contributed by atoms with Crippen LogP contribution in [0.4, 0.5) is 0 Å². The Hall–Kier alpha value is -2.74. The van der Waals surface area contributed by atoms with Crippen molar-refractivity contribution in [2.45, 2.75) is 25.7 Å². The first-order chi connectivity index (χ1) is 11.9. The maximum Gasteiger partial charge on any atom is 0.0451 e. The first kappa shape index (κ1) is 14.8. The van der Waals surface area contributed by atoms with Gasteiger partial charge in [-0.15, -0.1) is 0 Å². The fourth-order valence-corrected chi connectivity index (χ4v) is 3.60. The summed E-state index contributed by atoms with van der Waals surface area (Å²) in [5.41, 5.74) is 3.17. The van der Waals surface area contributed by atoms with Crippen molar-refractivity contribution >= 4 is 21.5 Å². The fourth-order valence-electron chi connectivity index (χ4n) is 3.60. The number of rotatable bonds is 0. The topological polar surface area (TPSA) is 25.8 Å². The number of benzene rings is 3. The number of hydrogen-bond donors (Lipinski definition) is 0. The summed E-state index contributed by atoms with van der Waals surface area (Å²) in [6, 6.07) is 18.0. The lowest BCUT2D eigenvalue weighted by Crippen LogP contribution is -2.02. The SMILES string of the molecule is c1ccc2c(c1)ccc1c3c(ccc12)CCCC3.c1cnccn1.